The Bertz CT molecular complexity index is 1070. The molecule has 1 N–H and O–H groups in total. The zero-order valence-electron chi connectivity index (χ0n) is 13.3. The highest BCUT2D eigenvalue weighted by atomic mass is 79.9. The topological polar surface area (TPSA) is 90.4 Å². The third kappa shape index (κ3) is 3.60. The lowest BCUT2D eigenvalue weighted by molar-refractivity contribution is -0.118. The first-order chi connectivity index (χ1) is 12.7. The van der Waals surface area contributed by atoms with Crippen LogP contribution in [0.1, 0.15) is 0 Å². The molecule has 0 spiro atoms. The number of anilines is 1. The average molecular weight is 414 g/mol. The molecule has 7 nitrogen and oxygen atoms in total. The van der Waals surface area contributed by atoms with Crippen LogP contribution in [0.25, 0.3) is 22.4 Å². The van der Waals surface area contributed by atoms with E-state index in [1.54, 1.807) is 12.1 Å². The summed E-state index contributed by atoms with van der Waals surface area (Å²) in [5.74, 6) is 0.762. The van der Waals surface area contributed by atoms with Crippen LogP contribution in [0.5, 0.6) is 5.75 Å². The van der Waals surface area contributed by atoms with E-state index in [2.05, 4.69) is 31.4 Å². The molecular formula is C18H12BrN3O4. The van der Waals surface area contributed by atoms with Crippen LogP contribution in [0.2, 0.25) is 0 Å². The summed E-state index contributed by atoms with van der Waals surface area (Å²) in [6.07, 6.45) is 0. The highest BCUT2D eigenvalue weighted by Crippen LogP contribution is 2.25. The van der Waals surface area contributed by atoms with Gasteiger partial charge in [-0.1, -0.05) is 35.4 Å². The van der Waals surface area contributed by atoms with Crippen molar-refractivity contribution in [1.29, 1.82) is 0 Å². The zero-order valence-corrected chi connectivity index (χ0v) is 14.9. The molecule has 2 aromatic carbocycles. The van der Waals surface area contributed by atoms with E-state index >= 15 is 0 Å². The maximum atomic E-state index is 12.0. The quantitative estimate of drug-likeness (QED) is 0.525. The SMILES string of the molecule is O=C(COc1ccc2ccccc2c1)Nc1nnc(-c2ccc(Br)o2)o1. The Hall–Kier alpha value is -3.13. The monoisotopic (exact) mass is 413 g/mol. The summed E-state index contributed by atoms with van der Waals surface area (Å²) in [5, 5.41) is 12.2. The number of ether oxygens (including phenoxy) is 1. The van der Waals surface area contributed by atoms with Crippen LogP contribution in [0.3, 0.4) is 0 Å². The summed E-state index contributed by atoms with van der Waals surface area (Å²) < 4.78 is 16.7. The molecule has 4 rings (SSSR count). The molecule has 2 heterocycles. The van der Waals surface area contributed by atoms with Crippen molar-refractivity contribution >= 4 is 38.6 Å². The second-order valence-corrected chi connectivity index (χ2v) is 6.14. The van der Waals surface area contributed by atoms with Crippen LogP contribution in [0, 0.1) is 0 Å². The fraction of sp³-hybridized carbons (Fsp3) is 0.0556. The second-order valence-electron chi connectivity index (χ2n) is 5.36. The normalized spacial score (nSPS) is 10.8. The minimum Gasteiger partial charge on any atom is -0.484 e. The van der Waals surface area contributed by atoms with Crippen LogP contribution in [0.15, 0.2) is 68.1 Å². The van der Waals surface area contributed by atoms with E-state index in [9.17, 15) is 4.79 Å². The highest BCUT2D eigenvalue weighted by molar-refractivity contribution is 9.10. The Morgan fingerprint density at radius 2 is 1.88 bits per heavy atom. The zero-order chi connectivity index (χ0) is 17.9. The predicted octanol–water partition coefficient (Wildman–Crippen LogP) is 4.26. The van der Waals surface area contributed by atoms with E-state index < -0.39 is 5.91 Å². The second kappa shape index (κ2) is 7.01. The maximum absolute atomic E-state index is 12.0. The molecule has 0 aliphatic rings. The fourth-order valence-corrected chi connectivity index (χ4v) is 2.67. The highest BCUT2D eigenvalue weighted by Gasteiger charge is 2.14. The van der Waals surface area contributed by atoms with Gasteiger partial charge in [-0.2, -0.15) is 0 Å². The summed E-state index contributed by atoms with van der Waals surface area (Å²) >= 11 is 3.19. The van der Waals surface area contributed by atoms with E-state index in [4.69, 9.17) is 13.6 Å². The Kier molecular flexibility index (Phi) is 4.40. The predicted molar refractivity (Wildman–Crippen MR) is 97.8 cm³/mol. The summed E-state index contributed by atoms with van der Waals surface area (Å²) in [6.45, 7) is -0.178. The Labute approximate surface area is 156 Å². The van der Waals surface area contributed by atoms with Crippen LogP contribution >= 0.6 is 15.9 Å². The first kappa shape index (κ1) is 16.3. The molecule has 0 unspecified atom stereocenters. The summed E-state index contributed by atoms with van der Waals surface area (Å²) in [5.41, 5.74) is 0. The number of benzene rings is 2. The van der Waals surface area contributed by atoms with Gasteiger partial charge < -0.3 is 13.6 Å². The van der Waals surface area contributed by atoms with Crippen molar-refractivity contribution in [3.8, 4) is 17.4 Å². The Balaban J connectivity index is 1.37. The fourth-order valence-electron chi connectivity index (χ4n) is 2.36. The van der Waals surface area contributed by atoms with Gasteiger partial charge in [0.25, 0.3) is 11.8 Å². The van der Waals surface area contributed by atoms with Crippen LogP contribution in [-0.2, 0) is 4.79 Å². The van der Waals surface area contributed by atoms with Crippen LogP contribution in [-0.4, -0.2) is 22.7 Å². The number of rotatable bonds is 5. The van der Waals surface area contributed by atoms with Crippen molar-refractivity contribution < 1.29 is 18.4 Å². The maximum Gasteiger partial charge on any atom is 0.322 e. The summed E-state index contributed by atoms with van der Waals surface area (Å²) in [7, 11) is 0. The molecule has 0 aliphatic heterocycles. The summed E-state index contributed by atoms with van der Waals surface area (Å²) in [6, 6.07) is 16.9. The molecule has 4 aromatic rings. The molecule has 0 atom stereocenters. The van der Waals surface area contributed by atoms with Gasteiger partial charge in [-0.15, -0.1) is 5.10 Å². The van der Waals surface area contributed by atoms with Crippen molar-refractivity contribution in [3.05, 3.63) is 59.3 Å². The minimum atomic E-state index is -0.408. The molecule has 2 aromatic heterocycles. The van der Waals surface area contributed by atoms with Gasteiger partial charge in [0.1, 0.15) is 5.75 Å². The lowest BCUT2D eigenvalue weighted by Gasteiger charge is -2.06. The number of hydrogen-bond donors (Lipinski definition) is 1. The Morgan fingerprint density at radius 3 is 2.69 bits per heavy atom. The van der Waals surface area contributed by atoms with Crippen molar-refractivity contribution in [1.82, 2.24) is 10.2 Å². The third-order valence-corrected chi connectivity index (χ3v) is 3.97. The lowest BCUT2D eigenvalue weighted by atomic mass is 10.1. The number of carbonyl (C=O) groups is 1. The first-order valence-corrected chi connectivity index (χ1v) is 8.47. The van der Waals surface area contributed by atoms with E-state index in [0.717, 1.165) is 10.8 Å². The molecule has 0 bridgehead atoms. The molecule has 26 heavy (non-hydrogen) atoms. The van der Waals surface area contributed by atoms with Gasteiger partial charge in [0.2, 0.25) is 0 Å². The summed E-state index contributed by atoms with van der Waals surface area (Å²) in [4.78, 5) is 12.0. The van der Waals surface area contributed by atoms with E-state index in [0.29, 0.717) is 16.2 Å². The van der Waals surface area contributed by atoms with Gasteiger partial charge >= 0.3 is 6.01 Å². The molecule has 0 saturated carbocycles. The van der Waals surface area contributed by atoms with Gasteiger partial charge in [0.15, 0.2) is 17.0 Å². The van der Waals surface area contributed by atoms with Gasteiger partial charge in [0, 0.05) is 0 Å². The van der Waals surface area contributed by atoms with Gasteiger partial charge in [-0.3, -0.25) is 10.1 Å². The third-order valence-electron chi connectivity index (χ3n) is 3.55. The number of aromatic nitrogens is 2. The van der Waals surface area contributed by atoms with Gasteiger partial charge in [-0.25, -0.2) is 0 Å². The number of halogens is 1. The molecule has 130 valence electrons. The molecule has 1 amide bonds. The van der Waals surface area contributed by atoms with E-state index in [1.165, 1.54) is 0 Å². The van der Waals surface area contributed by atoms with Crippen molar-refractivity contribution in [2.75, 3.05) is 11.9 Å². The molecule has 8 heteroatoms. The molecule has 0 radical (unpaired) electrons. The number of nitrogens with one attached hydrogen (secondary N) is 1. The average Bonchev–Trinajstić information content (AvgIpc) is 3.28. The molecular weight excluding hydrogens is 402 g/mol. The van der Waals surface area contributed by atoms with Gasteiger partial charge in [-0.05, 0) is 51.0 Å². The van der Waals surface area contributed by atoms with E-state index in [1.807, 2.05) is 42.5 Å². The molecule has 0 fully saturated rings. The number of carbonyl (C=O) groups excluding carboxylic acids is 1. The number of furan rings is 1. The largest absolute Gasteiger partial charge is 0.484 e. The standard InChI is InChI=1S/C18H12BrN3O4/c19-15-8-7-14(25-15)17-21-22-18(26-17)20-16(23)10-24-13-6-5-11-3-1-2-4-12(11)9-13/h1-9H,10H2,(H,20,22,23). The number of amides is 1. The Morgan fingerprint density at radius 1 is 1.04 bits per heavy atom. The van der Waals surface area contributed by atoms with Gasteiger partial charge in [0.05, 0.1) is 0 Å². The van der Waals surface area contributed by atoms with E-state index in [-0.39, 0.29) is 18.5 Å². The molecule has 0 saturated heterocycles. The van der Waals surface area contributed by atoms with Crippen molar-refractivity contribution in [2.45, 2.75) is 0 Å². The molecule has 0 aliphatic carbocycles. The number of fused-ring (bicyclic) bond motifs is 1. The van der Waals surface area contributed by atoms with Crippen LogP contribution < -0.4 is 10.1 Å². The van der Waals surface area contributed by atoms with Crippen molar-refractivity contribution in [2.24, 2.45) is 0 Å². The number of nitrogens with zero attached hydrogens (tertiary/aromatic N) is 2. The number of hydrogen-bond acceptors (Lipinski definition) is 6. The lowest BCUT2D eigenvalue weighted by Crippen LogP contribution is -2.20. The van der Waals surface area contributed by atoms with Crippen molar-refractivity contribution in [3.63, 3.8) is 0 Å². The minimum absolute atomic E-state index is 0.0281. The first-order valence-electron chi connectivity index (χ1n) is 7.68. The van der Waals surface area contributed by atoms with Crippen LogP contribution in [0.4, 0.5) is 6.01 Å². The smallest absolute Gasteiger partial charge is 0.322 e.